The number of cyclic esters (lactones) is 1. The molecule has 0 N–H and O–H groups in total. The summed E-state index contributed by atoms with van der Waals surface area (Å²) in [5, 5.41) is 8.85. The van der Waals surface area contributed by atoms with Gasteiger partial charge in [0.15, 0.2) is 0 Å². The van der Waals surface area contributed by atoms with Gasteiger partial charge in [-0.3, -0.25) is 0 Å². The number of esters is 2. The summed E-state index contributed by atoms with van der Waals surface area (Å²) in [5.41, 5.74) is 2.46. The van der Waals surface area contributed by atoms with Crippen LogP contribution < -0.4 is 0 Å². The van der Waals surface area contributed by atoms with Gasteiger partial charge in [-0.25, -0.2) is 9.59 Å². The molecule has 3 rings (SSSR count). The molecule has 0 radical (unpaired) electrons. The summed E-state index contributed by atoms with van der Waals surface area (Å²) in [5.74, 6) is -1.10. The number of carbonyl (C=O) groups is 2. The number of rotatable bonds is 3. The number of hydrogen-bond donors (Lipinski definition) is 0. The lowest BCUT2D eigenvalue weighted by Gasteiger charge is -2.23. The maximum Gasteiger partial charge on any atom is 0.348 e. The highest BCUT2D eigenvalue weighted by Crippen LogP contribution is 2.21. The van der Waals surface area contributed by atoms with Crippen molar-refractivity contribution in [3.8, 4) is 6.07 Å². The second-order valence-electron chi connectivity index (χ2n) is 5.18. The molecule has 0 spiro atoms. The average molecular weight is 307 g/mol. The van der Waals surface area contributed by atoms with E-state index >= 15 is 0 Å². The lowest BCUT2D eigenvalue weighted by Crippen LogP contribution is -2.35. The summed E-state index contributed by atoms with van der Waals surface area (Å²) >= 11 is 0. The molecule has 0 aromatic heterocycles. The summed E-state index contributed by atoms with van der Waals surface area (Å²) in [6.45, 7) is 0.0318. The van der Waals surface area contributed by atoms with Gasteiger partial charge in [-0.2, -0.15) is 5.26 Å². The van der Waals surface area contributed by atoms with Crippen LogP contribution in [0.1, 0.15) is 27.0 Å². The Hall–Kier alpha value is -3.13. The van der Waals surface area contributed by atoms with Gasteiger partial charge in [-0.1, -0.05) is 30.3 Å². The Labute approximate surface area is 133 Å². The molecule has 0 aliphatic carbocycles. The molecule has 114 valence electrons. The van der Waals surface area contributed by atoms with Gasteiger partial charge in [0.1, 0.15) is 6.61 Å². The first-order valence-electron chi connectivity index (χ1n) is 7.12. The third kappa shape index (κ3) is 3.22. The van der Waals surface area contributed by atoms with E-state index in [-0.39, 0.29) is 6.61 Å². The van der Waals surface area contributed by atoms with Gasteiger partial charge >= 0.3 is 11.9 Å². The number of ether oxygens (including phenoxy) is 2. The minimum atomic E-state index is -0.934. The predicted octanol–water partition coefficient (Wildman–Crippen LogP) is 2.38. The van der Waals surface area contributed by atoms with Gasteiger partial charge in [-0.15, -0.1) is 0 Å². The molecule has 0 bridgehead atoms. The monoisotopic (exact) mass is 307 g/mol. The molecular formula is C18H13NO4. The average Bonchev–Trinajstić information content (AvgIpc) is 2.60. The van der Waals surface area contributed by atoms with Gasteiger partial charge in [0.05, 0.1) is 17.2 Å². The molecule has 1 aliphatic rings. The second-order valence-corrected chi connectivity index (χ2v) is 5.18. The number of carbonyl (C=O) groups excluding carboxylic acids is 2. The molecular weight excluding hydrogens is 294 g/mol. The van der Waals surface area contributed by atoms with Gasteiger partial charge in [0.2, 0.25) is 6.10 Å². The first kappa shape index (κ1) is 14.8. The van der Waals surface area contributed by atoms with Crippen LogP contribution in [0.25, 0.3) is 0 Å². The van der Waals surface area contributed by atoms with Crippen LogP contribution in [-0.2, 0) is 27.3 Å². The molecule has 0 amide bonds. The van der Waals surface area contributed by atoms with Gasteiger partial charge < -0.3 is 9.47 Å². The standard InChI is InChI=1S/C18H13NO4/c19-10-12-4-3-5-13(8-12)11-22-18(21)16-9-14-6-1-2-7-15(14)17(20)23-16/h1-8,16H,9,11H2/t16-/m1/s1. The summed E-state index contributed by atoms with van der Waals surface area (Å²) in [6.07, 6.45) is -0.629. The third-order valence-electron chi connectivity index (χ3n) is 3.59. The molecule has 1 atom stereocenters. The largest absolute Gasteiger partial charge is 0.458 e. The Morgan fingerprint density at radius 1 is 1.26 bits per heavy atom. The lowest BCUT2D eigenvalue weighted by molar-refractivity contribution is -0.155. The SMILES string of the molecule is N#Cc1cccc(COC(=O)[C@H]2Cc3ccccc3C(=O)O2)c1. The first-order valence-corrected chi connectivity index (χ1v) is 7.12. The Balaban J connectivity index is 1.65. The van der Waals surface area contributed by atoms with Crippen LogP contribution in [0.2, 0.25) is 0 Å². The van der Waals surface area contributed by atoms with Crippen LogP contribution in [0.15, 0.2) is 48.5 Å². The van der Waals surface area contributed by atoms with E-state index in [0.717, 1.165) is 5.56 Å². The van der Waals surface area contributed by atoms with Crippen LogP contribution in [0, 0.1) is 11.3 Å². The maximum absolute atomic E-state index is 12.1. The van der Waals surface area contributed by atoms with E-state index in [1.807, 2.05) is 12.1 Å². The van der Waals surface area contributed by atoms with Crippen molar-refractivity contribution in [1.82, 2.24) is 0 Å². The molecule has 23 heavy (non-hydrogen) atoms. The van der Waals surface area contributed by atoms with E-state index in [9.17, 15) is 9.59 Å². The quantitative estimate of drug-likeness (QED) is 0.814. The molecule has 0 saturated heterocycles. The Morgan fingerprint density at radius 3 is 2.91 bits per heavy atom. The van der Waals surface area contributed by atoms with Crippen LogP contribution in [0.3, 0.4) is 0 Å². The van der Waals surface area contributed by atoms with Crippen LogP contribution in [0.5, 0.6) is 0 Å². The Kier molecular flexibility index (Phi) is 4.07. The summed E-state index contributed by atoms with van der Waals surface area (Å²) in [4.78, 5) is 24.0. The van der Waals surface area contributed by atoms with Crippen LogP contribution >= 0.6 is 0 Å². The normalized spacial score (nSPS) is 16.0. The van der Waals surface area contributed by atoms with Crippen molar-refractivity contribution in [3.63, 3.8) is 0 Å². The van der Waals surface area contributed by atoms with Crippen LogP contribution in [-0.4, -0.2) is 18.0 Å². The van der Waals surface area contributed by atoms with Gasteiger partial charge in [0, 0.05) is 6.42 Å². The molecule has 1 heterocycles. The summed E-state index contributed by atoms with van der Waals surface area (Å²) in [6, 6.07) is 15.9. The third-order valence-corrected chi connectivity index (χ3v) is 3.59. The second kappa shape index (κ2) is 6.32. The van der Waals surface area contributed by atoms with E-state index in [0.29, 0.717) is 23.1 Å². The molecule has 1 aliphatic heterocycles. The molecule has 0 saturated carbocycles. The molecule has 0 unspecified atom stereocenters. The van der Waals surface area contributed by atoms with Crippen molar-refractivity contribution in [3.05, 3.63) is 70.8 Å². The fourth-order valence-corrected chi connectivity index (χ4v) is 2.44. The lowest BCUT2D eigenvalue weighted by atomic mass is 9.99. The summed E-state index contributed by atoms with van der Waals surface area (Å²) in [7, 11) is 0. The minimum absolute atomic E-state index is 0.0318. The molecule has 5 nitrogen and oxygen atoms in total. The predicted molar refractivity (Wildman–Crippen MR) is 80.3 cm³/mol. The number of benzene rings is 2. The first-order chi connectivity index (χ1) is 11.2. The molecule has 2 aromatic rings. The van der Waals surface area contributed by atoms with E-state index in [1.165, 1.54) is 0 Å². The number of nitrogens with zero attached hydrogens (tertiary/aromatic N) is 1. The Bertz CT molecular complexity index is 807. The minimum Gasteiger partial charge on any atom is -0.458 e. The highest BCUT2D eigenvalue weighted by molar-refractivity contribution is 5.94. The van der Waals surface area contributed by atoms with E-state index in [2.05, 4.69) is 0 Å². The zero-order valence-corrected chi connectivity index (χ0v) is 12.2. The van der Waals surface area contributed by atoms with E-state index in [1.54, 1.807) is 42.5 Å². The number of nitriles is 1. The fraction of sp³-hybridized carbons (Fsp3) is 0.167. The fourth-order valence-electron chi connectivity index (χ4n) is 2.44. The van der Waals surface area contributed by atoms with Crippen molar-refractivity contribution in [2.24, 2.45) is 0 Å². The molecule has 5 heteroatoms. The zero-order valence-electron chi connectivity index (χ0n) is 12.2. The van der Waals surface area contributed by atoms with Crippen molar-refractivity contribution in [2.75, 3.05) is 0 Å². The highest BCUT2D eigenvalue weighted by Gasteiger charge is 2.32. The van der Waals surface area contributed by atoms with Crippen molar-refractivity contribution in [1.29, 1.82) is 5.26 Å². The van der Waals surface area contributed by atoms with E-state index < -0.39 is 18.0 Å². The van der Waals surface area contributed by atoms with Crippen molar-refractivity contribution in [2.45, 2.75) is 19.1 Å². The molecule has 2 aromatic carbocycles. The smallest absolute Gasteiger partial charge is 0.348 e. The van der Waals surface area contributed by atoms with Crippen molar-refractivity contribution >= 4 is 11.9 Å². The zero-order chi connectivity index (χ0) is 16.2. The highest BCUT2D eigenvalue weighted by atomic mass is 16.6. The Morgan fingerprint density at radius 2 is 2.09 bits per heavy atom. The van der Waals surface area contributed by atoms with Gasteiger partial charge in [-0.05, 0) is 29.3 Å². The topological polar surface area (TPSA) is 76.4 Å². The number of fused-ring (bicyclic) bond motifs is 1. The number of hydrogen-bond acceptors (Lipinski definition) is 5. The summed E-state index contributed by atoms with van der Waals surface area (Å²) < 4.78 is 10.3. The van der Waals surface area contributed by atoms with Crippen molar-refractivity contribution < 1.29 is 19.1 Å². The maximum atomic E-state index is 12.1. The van der Waals surface area contributed by atoms with E-state index in [4.69, 9.17) is 14.7 Å². The molecule has 0 fully saturated rings. The van der Waals surface area contributed by atoms with Gasteiger partial charge in [0.25, 0.3) is 0 Å². The van der Waals surface area contributed by atoms with Crippen LogP contribution in [0.4, 0.5) is 0 Å².